The molecule has 174 valence electrons. The van der Waals surface area contributed by atoms with Crippen molar-refractivity contribution in [2.24, 2.45) is 5.92 Å². The first-order chi connectivity index (χ1) is 16.0. The van der Waals surface area contributed by atoms with Crippen LogP contribution in [0.3, 0.4) is 0 Å². The van der Waals surface area contributed by atoms with Crippen LogP contribution in [0.2, 0.25) is 5.02 Å². The van der Waals surface area contributed by atoms with E-state index in [2.05, 4.69) is 25.2 Å². The second-order valence-electron chi connectivity index (χ2n) is 8.19. The van der Waals surface area contributed by atoms with E-state index in [-0.39, 0.29) is 5.97 Å². The van der Waals surface area contributed by atoms with Gasteiger partial charge in [0.2, 0.25) is 5.95 Å². The minimum atomic E-state index is -0.175. The van der Waals surface area contributed by atoms with Gasteiger partial charge in [-0.3, -0.25) is 9.69 Å². The average molecular weight is 470 g/mol. The van der Waals surface area contributed by atoms with Crippen molar-refractivity contribution in [3.8, 4) is 0 Å². The molecule has 1 fully saturated rings. The van der Waals surface area contributed by atoms with Crippen LogP contribution < -0.4 is 10.2 Å². The van der Waals surface area contributed by atoms with Crippen LogP contribution in [-0.2, 0) is 9.53 Å². The molecule has 0 aliphatic carbocycles. The lowest BCUT2D eigenvalue weighted by atomic mass is 9.96. The van der Waals surface area contributed by atoms with Gasteiger partial charge < -0.3 is 15.0 Å². The van der Waals surface area contributed by atoms with E-state index in [9.17, 15) is 4.79 Å². The van der Waals surface area contributed by atoms with Gasteiger partial charge in [0, 0.05) is 30.3 Å². The summed E-state index contributed by atoms with van der Waals surface area (Å²) in [5.41, 5.74) is 2.17. The standard InChI is InChI=1S/C23H28ClN7O2/c1-3-33-20(32)14-30(2)13-16-7-9-31(10-8-16)23-25-12-19-21(29-23)22(27-15-26-19)28-18-6-4-5-17(24)11-18/h4-6,11-12,15-16H,3,7-10,13-14H2,1-2H3,(H,26,27,28). The normalized spacial score (nSPS) is 14.6. The Morgan fingerprint density at radius 2 is 2.09 bits per heavy atom. The molecule has 10 heteroatoms. The van der Waals surface area contributed by atoms with Crippen LogP contribution in [-0.4, -0.2) is 70.6 Å². The maximum absolute atomic E-state index is 11.7. The topological polar surface area (TPSA) is 96.4 Å². The summed E-state index contributed by atoms with van der Waals surface area (Å²) in [6.07, 6.45) is 5.25. The van der Waals surface area contributed by atoms with Crippen LogP contribution in [0.25, 0.3) is 11.0 Å². The lowest BCUT2D eigenvalue weighted by Crippen LogP contribution is -2.39. The van der Waals surface area contributed by atoms with Gasteiger partial charge in [0.1, 0.15) is 17.4 Å². The molecule has 33 heavy (non-hydrogen) atoms. The number of piperidine rings is 1. The number of fused-ring (bicyclic) bond motifs is 1. The number of hydrogen-bond donors (Lipinski definition) is 1. The van der Waals surface area contributed by atoms with Crippen molar-refractivity contribution >= 4 is 46.1 Å². The quantitative estimate of drug-likeness (QED) is 0.497. The SMILES string of the molecule is CCOC(=O)CN(C)CC1CCN(c2ncc3ncnc(Nc4cccc(Cl)c4)c3n2)CC1. The van der Waals surface area contributed by atoms with Crippen molar-refractivity contribution in [1.82, 2.24) is 24.8 Å². The zero-order valence-electron chi connectivity index (χ0n) is 18.9. The molecule has 1 aliphatic heterocycles. The predicted octanol–water partition coefficient (Wildman–Crippen LogP) is 3.53. The van der Waals surface area contributed by atoms with E-state index < -0.39 is 0 Å². The number of aromatic nitrogens is 4. The number of benzene rings is 1. The lowest BCUT2D eigenvalue weighted by Gasteiger charge is -2.33. The van der Waals surface area contributed by atoms with Gasteiger partial charge in [-0.15, -0.1) is 0 Å². The molecular formula is C23H28ClN7O2. The Labute approximate surface area is 198 Å². The van der Waals surface area contributed by atoms with E-state index >= 15 is 0 Å². The second-order valence-corrected chi connectivity index (χ2v) is 8.63. The Kier molecular flexibility index (Phi) is 7.51. The van der Waals surface area contributed by atoms with Crippen molar-refractivity contribution in [1.29, 1.82) is 0 Å². The second kappa shape index (κ2) is 10.7. The molecule has 0 bridgehead atoms. The largest absolute Gasteiger partial charge is 0.465 e. The van der Waals surface area contributed by atoms with E-state index in [1.165, 1.54) is 6.33 Å². The summed E-state index contributed by atoms with van der Waals surface area (Å²) in [6, 6.07) is 7.46. The summed E-state index contributed by atoms with van der Waals surface area (Å²) in [6.45, 7) is 5.14. The number of ether oxygens (including phenoxy) is 1. The fourth-order valence-electron chi connectivity index (χ4n) is 4.04. The fraction of sp³-hybridized carbons (Fsp3) is 0.435. The van der Waals surface area contributed by atoms with E-state index in [0.717, 1.165) is 38.2 Å². The third kappa shape index (κ3) is 6.06. The fourth-order valence-corrected chi connectivity index (χ4v) is 4.23. The Morgan fingerprint density at radius 3 is 2.85 bits per heavy atom. The molecule has 3 aromatic rings. The molecule has 0 unspecified atom stereocenters. The minimum absolute atomic E-state index is 0.175. The smallest absolute Gasteiger partial charge is 0.320 e. The maximum Gasteiger partial charge on any atom is 0.320 e. The molecule has 1 aliphatic rings. The zero-order chi connectivity index (χ0) is 23.2. The average Bonchev–Trinajstić information content (AvgIpc) is 2.80. The third-order valence-corrected chi connectivity index (χ3v) is 5.86. The van der Waals surface area contributed by atoms with Crippen LogP contribution in [0, 0.1) is 5.92 Å². The first kappa shape index (κ1) is 23.1. The van der Waals surface area contributed by atoms with Crippen molar-refractivity contribution in [2.75, 3.05) is 50.1 Å². The zero-order valence-corrected chi connectivity index (χ0v) is 19.6. The molecule has 0 amide bonds. The lowest BCUT2D eigenvalue weighted by molar-refractivity contribution is -0.144. The molecule has 0 radical (unpaired) electrons. The molecular weight excluding hydrogens is 442 g/mol. The summed E-state index contributed by atoms with van der Waals surface area (Å²) in [7, 11) is 1.96. The van der Waals surface area contributed by atoms with Gasteiger partial charge in [0.15, 0.2) is 5.82 Å². The van der Waals surface area contributed by atoms with Crippen LogP contribution in [0.5, 0.6) is 0 Å². The molecule has 3 heterocycles. The van der Waals surface area contributed by atoms with Crippen molar-refractivity contribution in [3.05, 3.63) is 41.8 Å². The van der Waals surface area contributed by atoms with Gasteiger partial charge >= 0.3 is 5.97 Å². The number of carbonyl (C=O) groups excluding carboxylic acids is 1. The van der Waals surface area contributed by atoms with E-state index in [1.54, 1.807) is 6.20 Å². The molecule has 0 spiro atoms. The number of halogens is 1. The van der Waals surface area contributed by atoms with Crippen LogP contribution in [0.15, 0.2) is 36.8 Å². The number of rotatable bonds is 8. The maximum atomic E-state index is 11.7. The van der Waals surface area contributed by atoms with E-state index in [0.29, 0.717) is 46.9 Å². The molecule has 2 aromatic heterocycles. The highest BCUT2D eigenvalue weighted by molar-refractivity contribution is 6.30. The van der Waals surface area contributed by atoms with Gasteiger partial charge in [0.05, 0.1) is 19.3 Å². The van der Waals surface area contributed by atoms with E-state index in [4.69, 9.17) is 21.3 Å². The molecule has 1 N–H and O–H groups in total. The third-order valence-electron chi connectivity index (χ3n) is 5.62. The predicted molar refractivity (Wildman–Crippen MR) is 129 cm³/mol. The van der Waals surface area contributed by atoms with Gasteiger partial charge in [-0.2, -0.15) is 0 Å². The van der Waals surface area contributed by atoms with Crippen molar-refractivity contribution < 1.29 is 9.53 Å². The minimum Gasteiger partial charge on any atom is -0.465 e. The number of nitrogens with one attached hydrogen (secondary N) is 1. The summed E-state index contributed by atoms with van der Waals surface area (Å²) >= 11 is 6.11. The Morgan fingerprint density at radius 1 is 1.27 bits per heavy atom. The number of carbonyl (C=O) groups is 1. The molecule has 1 saturated heterocycles. The molecule has 0 atom stereocenters. The Bertz CT molecular complexity index is 1110. The van der Waals surface area contributed by atoms with Crippen LogP contribution >= 0.6 is 11.6 Å². The highest BCUT2D eigenvalue weighted by Crippen LogP contribution is 2.26. The highest BCUT2D eigenvalue weighted by atomic mass is 35.5. The number of nitrogens with zero attached hydrogens (tertiary/aromatic N) is 6. The van der Waals surface area contributed by atoms with Gasteiger partial charge in [-0.25, -0.2) is 19.9 Å². The van der Waals surface area contributed by atoms with Crippen molar-refractivity contribution in [3.63, 3.8) is 0 Å². The summed E-state index contributed by atoms with van der Waals surface area (Å²) in [5.74, 6) is 1.63. The van der Waals surface area contributed by atoms with Gasteiger partial charge in [-0.05, 0) is 50.9 Å². The number of esters is 1. The van der Waals surface area contributed by atoms with Gasteiger partial charge in [-0.1, -0.05) is 17.7 Å². The monoisotopic (exact) mass is 469 g/mol. The number of anilines is 3. The molecule has 9 nitrogen and oxygen atoms in total. The first-order valence-electron chi connectivity index (χ1n) is 11.1. The molecule has 1 aromatic carbocycles. The molecule has 0 saturated carbocycles. The number of hydrogen-bond acceptors (Lipinski definition) is 9. The summed E-state index contributed by atoms with van der Waals surface area (Å²) in [5, 5.41) is 3.93. The summed E-state index contributed by atoms with van der Waals surface area (Å²) < 4.78 is 5.04. The molecule has 4 rings (SSSR count). The number of likely N-dealkylation sites (N-methyl/N-ethyl adjacent to an activating group) is 1. The van der Waals surface area contributed by atoms with Crippen LogP contribution in [0.1, 0.15) is 19.8 Å². The van der Waals surface area contributed by atoms with Crippen LogP contribution in [0.4, 0.5) is 17.5 Å². The van der Waals surface area contributed by atoms with Gasteiger partial charge in [0.25, 0.3) is 0 Å². The Hall–Kier alpha value is -3.04. The highest BCUT2D eigenvalue weighted by Gasteiger charge is 2.23. The Balaban J connectivity index is 1.41. The van der Waals surface area contributed by atoms with Crippen molar-refractivity contribution in [2.45, 2.75) is 19.8 Å². The first-order valence-corrected chi connectivity index (χ1v) is 11.5. The summed E-state index contributed by atoms with van der Waals surface area (Å²) in [4.78, 5) is 33.9. The van der Waals surface area contributed by atoms with E-state index in [1.807, 2.05) is 43.1 Å².